The molecule has 1 aromatic carbocycles. The molecule has 1 unspecified atom stereocenters. The molecule has 1 spiro atoms. The van der Waals surface area contributed by atoms with Crippen molar-refractivity contribution in [1.29, 1.82) is 0 Å². The van der Waals surface area contributed by atoms with Gasteiger partial charge in [0.15, 0.2) is 17.4 Å². The van der Waals surface area contributed by atoms with E-state index >= 15 is 0 Å². The van der Waals surface area contributed by atoms with Crippen LogP contribution < -0.4 is 4.74 Å². The maximum atomic E-state index is 13.8. The summed E-state index contributed by atoms with van der Waals surface area (Å²) in [6.45, 7) is 0.212. The summed E-state index contributed by atoms with van der Waals surface area (Å²) in [6.07, 6.45) is 6.52. The van der Waals surface area contributed by atoms with Gasteiger partial charge in [0.2, 0.25) is 0 Å². The maximum Gasteiger partial charge on any atom is 0.190 e. The van der Waals surface area contributed by atoms with Crippen LogP contribution in [0.25, 0.3) is 0 Å². The first-order valence-electron chi connectivity index (χ1n) is 7.46. The van der Waals surface area contributed by atoms with Gasteiger partial charge in [-0.3, -0.25) is 0 Å². The summed E-state index contributed by atoms with van der Waals surface area (Å²) in [4.78, 5) is 0. The average molecular weight is 361 g/mol. The average Bonchev–Trinajstić information content (AvgIpc) is 3.08. The lowest BCUT2D eigenvalue weighted by Gasteiger charge is -2.23. The summed E-state index contributed by atoms with van der Waals surface area (Å²) in [5.74, 6) is -1.60. The molecule has 1 aromatic rings. The van der Waals surface area contributed by atoms with Crippen molar-refractivity contribution in [3.05, 3.63) is 29.3 Å². The van der Waals surface area contributed by atoms with Gasteiger partial charge in [-0.2, -0.15) is 0 Å². The van der Waals surface area contributed by atoms with Gasteiger partial charge in [-0.25, -0.2) is 8.78 Å². The Morgan fingerprint density at radius 3 is 2.48 bits per heavy atom. The van der Waals surface area contributed by atoms with Crippen LogP contribution in [-0.4, -0.2) is 18.3 Å². The van der Waals surface area contributed by atoms with Gasteiger partial charge in [0, 0.05) is 5.33 Å². The summed E-state index contributed by atoms with van der Waals surface area (Å²) in [7, 11) is 0. The van der Waals surface area contributed by atoms with E-state index in [0.29, 0.717) is 10.9 Å². The Balaban J connectivity index is 1.61. The van der Waals surface area contributed by atoms with Gasteiger partial charge in [-0.15, -0.1) is 0 Å². The van der Waals surface area contributed by atoms with Crippen LogP contribution in [0.15, 0.2) is 12.1 Å². The van der Waals surface area contributed by atoms with E-state index in [1.54, 1.807) is 0 Å². The highest BCUT2D eigenvalue weighted by Gasteiger charge is 2.42. The molecule has 2 nitrogen and oxygen atoms in total. The standard InChI is InChI=1S/C16H19BrF2O2/c17-9-11-7-13(18)15(14(19)8-11)20-10-12-3-6-16(21-12)4-1-2-5-16/h7-8,12H,1-6,9-10H2. The molecule has 1 atom stereocenters. The van der Waals surface area contributed by atoms with E-state index in [1.807, 2.05) is 0 Å². The summed E-state index contributed by atoms with van der Waals surface area (Å²) >= 11 is 3.18. The molecule has 0 bridgehead atoms. The lowest BCUT2D eigenvalue weighted by Crippen LogP contribution is -2.27. The molecule has 0 N–H and O–H groups in total. The van der Waals surface area contributed by atoms with E-state index in [9.17, 15) is 8.78 Å². The van der Waals surface area contributed by atoms with Crippen molar-refractivity contribution < 1.29 is 18.3 Å². The first kappa shape index (κ1) is 15.2. The van der Waals surface area contributed by atoms with E-state index in [-0.39, 0.29) is 24.1 Å². The Hall–Kier alpha value is -0.680. The molecule has 2 aliphatic rings. The molecule has 2 fully saturated rings. The van der Waals surface area contributed by atoms with E-state index < -0.39 is 11.6 Å². The minimum atomic E-state index is -0.655. The monoisotopic (exact) mass is 360 g/mol. The third-order valence-electron chi connectivity index (χ3n) is 4.48. The number of ether oxygens (including phenoxy) is 2. The normalized spacial score (nSPS) is 23.9. The fourth-order valence-electron chi connectivity index (χ4n) is 3.40. The zero-order valence-electron chi connectivity index (χ0n) is 11.8. The van der Waals surface area contributed by atoms with Gasteiger partial charge in [-0.1, -0.05) is 28.8 Å². The van der Waals surface area contributed by atoms with Crippen LogP contribution in [0.1, 0.15) is 44.1 Å². The van der Waals surface area contributed by atoms with Gasteiger partial charge in [-0.05, 0) is 43.4 Å². The SMILES string of the molecule is Fc1cc(CBr)cc(F)c1OCC1CCC2(CCCC2)O1. The molecule has 1 saturated carbocycles. The maximum absolute atomic E-state index is 13.8. The largest absolute Gasteiger partial charge is 0.485 e. The Morgan fingerprint density at radius 1 is 1.19 bits per heavy atom. The van der Waals surface area contributed by atoms with Crippen LogP contribution >= 0.6 is 15.9 Å². The quantitative estimate of drug-likeness (QED) is 0.722. The zero-order chi connectivity index (χ0) is 14.9. The van der Waals surface area contributed by atoms with Crippen LogP contribution in [0.3, 0.4) is 0 Å². The van der Waals surface area contributed by atoms with E-state index in [2.05, 4.69) is 15.9 Å². The van der Waals surface area contributed by atoms with Gasteiger partial charge in [0.25, 0.3) is 0 Å². The van der Waals surface area contributed by atoms with Crippen molar-refractivity contribution in [3.8, 4) is 5.75 Å². The van der Waals surface area contributed by atoms with E-state index in [4.69, 9.17) is 9.47 Å². The van der Waals surface area contributed by atoms with Crippen molar-refractivity contribution in [3.63, 3.8) is 0 Å². The van der Waals surface area contributed by atoms with Crippen molar-refractivity contribution >= 4 is 15.9 Å². The molecule has 0 amide bonds. The molecule has 116 valence electrons. The minimum absolute atomic E-state index is 0.0188. The zero-order valence-corrected chi connectivity index (χ0v) is 13.4. The second-order valence-electron chi connectivity index (χ2n) is 6.00. The molecular formula is C16H19BrF2O2. The second-order valence-corrected chi connectivity index (χ2v) is 6.56. The molecule has 0 aromatic heterocycles. The summed E-state index contributed by atoms with van der Waals surface area (Å²) in [5, 5.41) is 0.412. The summed E-state index contributed by atoms with van der Waals surface area (Å²) in [6, 6.07) is 2.59. The molecule has 1 saturated heterocycles. The van der Waals surface area contributed by atoms with Crippen LogP contribution in [0.2, 0.25) is 0 Å². The third kappa shape index (κ3) is 3.24. The highest BCUT2D eigenvalue weighted by Crippen LogP contribution is 2.43. The molecule has 3 rings (SSSR count). The predicted molar refractivity (Wildman–Crippen MR) is 79.8 cm³/mol. The highest BCUT2D eigenvalue weighted by atomic mass is 79.9. The van der Waals surface area contributed by atoms with Crippen molar-refractivity contribution in [2.75, 3.05) is 6.61 Å². The second kappa shape index (κ2) is 6.21. The molecule has 1 aliphatic heterocycles. The van der Waals surface area contributed by atoms with Gasteiger partial charge in [0.05, 0.1) is 11.7 Å². The smallest absolute Gasteiger partial charge is 0.190 e. The molecule has 21 heavy (non-hydrogen) atoms. The lowest BCUT2D eigenvalue weighted by atomic mass is 9.98. The van der Waals surface area contributed by atoms with Gasteiger partial charge in [0.1, 0.15) is 6.61 Å². The molecule has 5 heteroatoms. The van der Waals surface area contributed by atoms with Gasteiger partial charge < -0.3 is 9.47 Å². The molecular weight excluding hydrogens is 342 g/mol. The van der Waals surface area contributed by atoms with Crippen LogP contribution in [0.4, 0.5) is 8.78 Å². The Bertz CT molecular complexity index is 492. The van der Waals surface area contributed by atoms with Crippen molar-refractivity contribution in [2.24, 2.45) is 0 Å². The molecule has 0 radical (unpaired) electrons. The van der Waals surface area contributed by atoms with Gasteiger partial charge >= 0.3 is 0 Å². The van der Waals surface area contributed by atoms with Crippen molar-refractivity contribution in [2.45, 2.75) is 55.6 Å². The lowest BCUT2D eigenvalue weighted by molar-refractivity contribution is -0.0515. The van der Waals surface area contributed by atoms with E-state index in [1.165, 1.54) is 25.0 Å². The highest BCUT2D eigenvalue weighted by molar-refractivity contribution is 9.08. The number of hydrogen-bond acceptors (Lipinski definition) is 2. The number of alkyl halides is 1. The first-order chi connectivity index (χ1) is 10.1. The van der Waals surface area contributed by atoms with Crippen LogP contribution in [-0.2, 0) is 10.1 Å². The number of halogens is 3. The Kier molecular flexibility index (Phi) is 4.50. The van der Waals surface area contributed by atoms with E-state index in [0.717, 1.165) is 25.7 Å². The van der Waals surface area contributed by atoms with Crippen LogP contribution in [0.5, 0.6) is 5.75 Å². The molecule has 1 aliphatic carbocycles. The van der Waals surface area contributed by atoms with Crippen molar-refractivity contribution in [1.82, 2.24) is 0 Å². The van der Waals surface area contributed by atoms with Crippen LogP contribution in [0, 0.1) is 11.6 Å². The third-order valence-corrected chi connectivity index (χ3v) is 5.13. The number of hydrogen-bond donors (Lipinski definition) is 0. The predicted octanol–water partition coefficient (Wildman–Crippen LogP) is 4.73. The summed E-state index contributed by atoms with van der Waals surface area (Å²) < 4.78 is 39.1. The topological polar surface area (TPSA) is 18.5 Å². The Labute approximate surface area is 131 Å². The fourth-order valence-corrected chi connectivity index (χ4v) is 3.73. The molecule has 1 heterocycles. The summed E-state index contributed by atoms with van der Waals surface area (Å²) in [5.41, 5.74) is 0.574. The first-order valence-corrected chi connectivity index (χ1v) is 8.58. The number of rotatable bonds is 4. The minimum Gasteiger partial charge on any atom is -0.485 e. The Morgan fingerprint density at radius 2 is 1.86 bits per heavy atom. The number of benzene rings is 1. The fraction of sp³-hybridized carbons (Fsp3) is 0.625.